The van der Waals surface area contributed by atoms with Gasteiger partial charge in [0.2, 0.25) is 11.7 Å². The van der Waals surface area contributed by atoms with Gasteiger partial charge in [0.15, 0.2) is 0 Å². The molecule has 1 atom stereocenters. The Morgan fingerprint density at radius 3 is 2.69 bits per heavy atom. The fourth-order valence-corrected chi connectivity index (χ4v) is 3.66. The number of alkyl halides is 3. The minimum absolute atomic E-state index is 0.159. The Balaban J connectivity index is 1.50. The van der Waals surface area contributed by atoms with E-state index in [0.717, 1.165) is 37.3 Å². The van der Waals surface area contributed by atoms with Gasteiger partial charge in [0.05, 0.1) is 19.2 Å². The van der Waals surface area contributed by atoms with Gasteiger partial charge < -0.3 is 9.26 Å². The SMILES string of the molecule is COc1ccc(C2CCCN2Cc2nc(-c3cccc(C(F)(F)F)c3)no2)cc1. The molecule has 0 N–H and O–H groups in total. The van der Waals surface area contributed by atoms with Crippen LogP contribution < -0.4 is 4.74 Å². The number of hydrogen-bond acceptors (Lipinski definition) is 5. The average molecular weight is 403 g/mol. The van der Waals surface area contributed by atoms with Crippen LogP contribution >= 0.6 is 0 Å². The predicted octanol–water partition coefficient (Wildman–Crippen LogP) is 5.10. The van der Waals surface area contributed by atoms with Crippen molar-refractivity contribution in [2.45, 2.75) is 31.6 Å². The van der Waals surface area contributed by atoms with Crippen molar-refractivity contribution in [3.05, 3.63) is 65.5 Å². The van der Waals surface area contributed by atoms with E-state index in [4.69, 9.17) is 9.26 Å². The Morgan fingerprint density at radius 2 is 1.97 bits per heavy atom. The molecule has 0 amide bonds. The number of methoxy groups -OCH3 is 1. The van der Waals surface area contributed by atoms with Crippen LogP contribution in [0.1, 0.15) is 35.9 Å². The summed E-state index contributed by atoms with van der Waals surface area (Å²) in [6.45, 7) is 1.33. The van der Waals surface area contributed by atoms with Crippen LogP contribution in [0.5, 0.6) is 5.75 Å². The van der Waals surface area contributed by atoms with Crippen LogP contribution in [0.15, 0.2) is 53.1 Å². The summed E-state index contributed by atoms with van der Waals surface area (Å²) in [5.74, 6) is 1.35. The van der Waals surface area contributed by atoms with Gasteiger partial charge >= 0.3 is 6.18 Å². The molecule has 0 radical (unpaired) electrons. The molecule has 0 aliphatic carbocycles. The highest BCUT2D eigenvalue weighted by Gasteiger charge is 2.31. The molecule has 1 saturated heterocycles. The Kier molecular flexibility index (Phi) is 5.27. The third kappa shape index (κ3) is 4.27. The molecule has 152 valence electrons. The summed E-state index contributed by atoms with van der Waals surface area (Å²) in [7, 11) is 1.63. The van der Waals surface area contributed by atoms with Crippen molar-refractivity contribution in [1.82, 2.24) is 15.0 Å². The standard InChI is InChI=1S/C21H20F3N3O2/c1-28-17-9-7-14(8-10-17)18-6-3-11-27(18)13-19-25-20(26-29-19)15-4-2-5-16(12-15)21(22,23)24/h2,4-5,7-10,12,18H,3,6,11,13H2,1H3. The maximum absolute atomic E-state index is 12.9. The summed E-state index contributed by atoms with van der Waals surface area (Å²) >= 11 is 0. The minimum Gasteiger partial charge on any atom is -0.497 e. The van der Waals surface area contributed by atoms with Crippen molar-refractivity contribution in [1.29, 1.82) is 0 Å². The number of benzene rings is 2. The molecular weight excluding hydrogens is 383 g/mol. The molecule has 0 bridgehead atoms. The highest BCUT2D eigenvalue weighted by molar-refractivity contribution is 5.55. The largest absolute Gasteiger partial charge is 0.497 e. The number of likely N-dealkylation sites (tertiary alicyclic amines) is 1. The second-order valence-electron chi connectivity index (χ2n) is 6.99. The summed E-state index contributed by atoms with van der Waals surface area (Å²) in [6.07, 6.45) is -2.35. The van der Waals surface area contributed by atoms with Gasteiger partial charge in [0.1, 0.15) is 5.75 Å². The summed E-state index contributed by atoms with van der Waals surface area (Å²) < 4.78 is 49.3. The van der Waals surface area contributed by atoms with Crippen LogP contribution in [-0.2, 0) is 12.7 Å². The lowest BCUT2D eigenvalue weighted by Crippen LogP contribution is -2.22. The van der Waals surface area contributed by atoms with Crippen molar-refractivity contribution in [2.24, 2.45) is 0 Å². The molecule has 0 saturated carbocycles. The quantitative estimate of drug-likeness (QED) is 0.593. The minimum atomic E-state index is -4.41. The number of ether oxygens (including phenoxy) is 1. The van der Waals surface area contributed by atoms with E-state index in [0.29, 0.717) is 12.4 Å². The summed E-state index contributed by atoms with van der Waals surface area (Å²) in [4.78, 5) is 6.56. The molecule has 1 unspecified atom stereocenters. The fraction of sp³-hybridized carbons (Fsp3) is 0.333. The van der Waals surface area contributed by atoms with Gasteiger partial charge in [-0.3, -0.25) is 4.90 Å². The van der Waals surface area contributed by atoms with Gasteiger partial charge in [0.25, 0.3) is 0 Å². The van der Waals surface area contributed by atoms with E-state index in [-0.39, 0.29) is 17.4 Å². The van der Waals surface area contributed by atoms with Crippen LogP contribution in [0, 0.1) is 0 Å². The maximum atomic E-state index is 12.9. The van der Waals surface area contributed by atoms with Gasteiger partial charge in [-0.1, -0.05) is 29.4 Å². The van der Waals surface area contributed by atoms with E-state index in [1.54, 1.807) is 13.2 Å². The lowest BCUT2D eigenvalue weighted by atomic mass is 10.0. The molecule has 3 aromatic rings. The summed E-state index contributed by atoms with van der Waals surface area (Å²) in [6, 6.07) is 13.1. The molecule has 1 aliphatic heterocycles. The molecule has 2 aromatic carbocycles. The average Bonchev–Trinajstić information content (AvgIpc) is 3.38. The van der Waals surface area contributed by atoms with Crippen molar-refractivity contribution >= 4 is 0 Å². The monoisotopic (exact) mass is 403 g/mol. The van der Waals surface area contributed by atoms with E-state index in [9.17, 15) is 13.2 Å². The zero-order valence-corrected chi connectivity index (χ0v) is 15.8. The van der Waals surface area contributed by atoms with Gasteiger partial charge in [-0.25, -0.2) is 0 Å². The first-order valence-corrected chi connectivity index (χ1v) is 9.32. The highest BCUT2D eigenvalue weighted by atomic mass is 19.4. The van der Waals surface area contributed by atoms with Crippen LogP contribution in [0.3, 0.4) is 0 Å². The van der Waals surface area contributed by atoms with Gasteiger partial charge in [0, 0.05) is 11.6 Å². The third-order valence-electron chi connectivity index (χ3n) is 5.12. The van der Waals surface area contributed by atoms with Crippen LogP contribution in [-0.4, -0.2) is 28.7 Å². The Morgan fingerprint density at radius 1 is 1.17 bits per heavy atom. The first-order chi connectivity index (χ1) is 13.9. The number of hydrogen-bond donors (Lipinski definition) is 0. The zero-order chi connectivity index (χ0) is 20.4. The maximum Gasteiger partial charge on any atom is 0.416 e. The van der Waals surface area contributed by atoms with Crippen molar-refractivity contribution in [2.75, 3.05) is 13.7 Å². The molecule has 1 aliphatic rings. The van der Waals surface area contributed by atoms with E-state index < -0.39 is 11.7 Å². The Hall–Kier alpha value is -2.87. The van der Waals surface area contributed by atoms with Crippen LogP contribution in [0.25, 0.3) is 11.4 Å². The third-order valence-corrected chi connectivity index (χ3v) is 5.12. The molecule has 5 nitrogen and oxygen atoms in total. The zero-order valence-electron chi connectivity index (χ0n) is 15.8. The molecule has 2 heterocycles. The molecule has 8 heteroatoms. The van der Waals surface area contributed by atoms with Crippen molar-refractivity contribution in [3.63, 3.8) is 0 Å². The van der Waals surface area contributed by atoms with Crippen LogP contribution in [0.4, 0.5) is 13.2 Å². The van der Waals surface area contributed by atoms with Crippen molar-refractivity contribution < 1.29 is 22.4 Å². The number of aromatic nitrogens is 2. The lowest BCUT2D eigenvalue weighted by molar-refractivity contribution is -0.137. The van der Waals surface area contributed by atoms with Gasteiger partial charge in [-0.2, -0.15) is 18.2 Å². The normalized spacial score (nSPS) is 17.6. The molecule has 29 heavy (non-hydrogen) atoms. The Labute approximate surface area is 166 Å². The molecule has 1 aromatic heterocycles. The molecule has 0 spiro atoms. The van der Waals surface area contributed by atoms with E-state index >= 15 is 0 Å². The van der Waals surface area contributed by atoms with E-state index in [2.05, 4.69) is 15.0 Å². The number of rotatable bonds is 5. The number of halogens is 3. The lowest BCUT2D eigenvalue weighted by Gasteiger charge is -2.23. The highest BCUT2D eigenvalue weighted by Crippen LogP contribution is 2.34. The van der Waals surface area contributed by atoms with Gasteiger partial charge in [-0.05, 0) is 49.2 Å². The number of nitrogens with zero attached hydrogens (tertiary/aromatic N) is 3. The van der Waals surface area contributed by atoms with Crippen LogP contribution in [0.2, 0.25) is 0 Å². The second kappa shape index (κ2) is 7.87. The molecule has 4 rings (SSSR count). The first kappa shape index (κ1) is 19.4. The fourth-order valence-electron chi connectivity index (χ4n) is 3.66. The molecule has 1 fully saturated rings. The summed E-state index contributed by atoms with van der Waals surface area (Å²) in [5.41, 5.74) is 0.726. The first-order valence-electron chi connectivity index (χ1n) is 9.32. The second-order valence-corrected chi connectivity index (χ2v) is 6.99. The van der Waals surface area contributed by atoms with Gasteiger partial charge in [-0.15, -0.1) is 0 Å². The Bertz CT molecular complexity index is 970. The smallest absolute Gasteiger partial charge is 0.416 e. The van der Waals surface area contributed by atoms with E-state index in [1.165, 1.54) is 11.6 Å². The predicted molar refractivity (Wildman–Crippen MR) is 100 cm³/mol. The topological polar surface area (TPSA) is 51.4 Å². The van der Waals surface area contributed by atoms with E-state index in [1.807, 2.05) is 24.3 Å². The summed E-state index contributed by atoms with van der Waals surface area (Å²) in [5, 5.41) is 3.88. The van der Waals surface area contributed by atoms with Crippen molar-refractivity contribution in [3.8, 4) is 17.1 Å². The molecular formula is C21H20F3N3O2.